The summed E-state index contributed by atoms with van der Waals surface area (Å²) in [4.78, 5) is 28.6. The standard InChI is InChI=1S/C23H24N2O4S/c1-15(2)29-23(27)17-8-10-19(11-9-17)28-13-18-14-30-22(24-18)12-21(26)25-20-7-5-4-6-16(20)3/h4-11,14-15H,12-13H2,1-3H3,(H,25,26). The molecule has 3 rings (SSSR count). The van der Waals surface area contributed by atoms with Gasteiger partial charge in [0.25, 0.3) is 0 Å². The van der Waals surface area contributed by atoms with Gasteiger partial charge in [-0.1, -0.05) is 18.2 Å². The van der Waals surface area contributed by atoms with Gasteiger partial charge in [-0.2, -0.15) is 0 Å². The van der Waals surface area contributed by atoms with Gasteiger partial charge in [0.2, 0.25) is 5.91 Å². The Labute approximate surface area is 179 Å². The quantitative estimate of drug-likeness (QED) is 0.527. The number of anilines is 1. The van der Waals surface area contributed by atoms with Crippen molar-refractivity contribution in [3.63, 3.8) is 0 Å². The minimum absolute atomic E-state index is 0.102. The van der Waals surface area contributed by atoms with E-state index in [1.807, 2.05) is 50.4 Å². The number of aryl methyl sites for hydroxylation is 1. The number of carbonyl (C=O) groups is 2. The first-order valence-corrected chi connectivity index (χ1v) is 10.5. The van der Waals surface area contributed by atoms with Gasteiger partial charge in [-0.3, -0.25) is 4.79 Å². The first-order chi connectivity index (χ1) is 14.4. The van der Waals surface area contributed by atoms with Crippen molar-refractivity contribution < 1.29 is 19.1 Å². The number of rotatable bonds is 8. The van der Waals surface area contributed by atoms with Crippen LogP contribution in [0.1, 0.15) is 40.5 Å². The van der Waals surface area contributed by atoms with Crippen molar-refractivity contribution in [1.82, 2.24) is 4.98 Å². The Morgan fingerprint density at radius 3 is 2.53 bits per heavy atom. The zero-order chi connectivity index (χ0) is 21.5. The van der Waals surface area contributed by atoms with Gasteiger partial charge >= 0.3 is 5.97 Å². The van der Waals surface area contributed by atoms with Gasteiger partial charge < -0.3 is 14.8 Å². The van der Waals surface area contributed by atoms with Crippen molar-refractivity contribution in [2.24, 2.45) is 0 Å². The first-order valence-electron chi connectivity index (χ1n) is 9.63. The van der Waals surface area contributed by atoms with E-state index < -0.39 is 0 Å². The second-order valence-corrected chi connectivity index (χ2v) is 7.98. The lowest BCUT2D eigenvalue weighted by molar-refractivity contribution is -0.115. The molecule has 0 bridgehead atoms. The lowest BCUT2D eigenvalue weighted by atomic mass is 10.2. The molecule has 1 heterocycles. The lowest BCUT2D eigenvalue weighted by Gasteiger charge is -2.09. The molecular weight excluding hydrogens is 400 g/mol. The summed E-state index contributed by atoms with van der Waals surface area (Å²) in [5.74, 6) is 0.169. The van der Waals surface area contributed by atoms with Gasteiger partial charge in [0, 0.05) is 11.1 Å². The van der Waals surface area contributed by atoms with Crippen LogP contribution in [-0.4, -0.2) is 23.0 Å². The van der Waals surface area contributed by atoms with Crippen LogP contribution >= 0.6 is 11.3 Å². The van der Waals surface area contributed by atoms with Gasteiger partial charge in [0.1, 0.15) is 17.4 Å². The van der Waals surface area contributed by atoms with Crippen LogP contribution in [0.25, 0.3) is 0 Å². The molecule has 2 aromatic carbocycles. The van der Waals surface area contributed by atoms with Crippen LogP contribution in [0.5, 0.6) is 5.75 Å². The number of nitrogens with one attached hydrogen (secondary N) is 1. The van der Waals surface area contributed by atoms with Crippen molar-refractivity contribution in [2.75, 3.05) is 5.32 Å². The van der Waals surface area contributed by atoms with Crippen LogP contribution in [0, 0.1) is 6.92 Å². The lowest BCUT2D eigenvalue weighted by Crippen LogP contribution is -2.15. The molecule has 0 spiro atoms. The van der Waals surface area contributed by atoms with Gasteiger partial charge in [0.15, 0.2) is 0 Å². The summed E-state index contributed by atoms with van der Waals surface area (Å²) in [6.07, 6.45) is 0.0529. The minimum atomic E-state index is -0.357. The Morgan fingerprint density at radius 2 is 1.83 bits per heavy atom. The molecule has 0 aliphatic heterocycles. The Bertz CT molecular complexity index is 1010. The molecule has 1 N–H and O–H groups in total. The molecule has 3 aromatic rings. The third-order valence-electron chi connectivity index (χ3n) is 4.15. The number of hydrogen-bond acceptors (Lipinski definition) is 6. The van der Waals surface area contributed by atoms with Crippen LogP contribution in [0.3, 0.4) is 0 Å². The number of nitrogens with zero attached hydrogens (tertiary/aromatic N) is 1. The van der Waals surface area contributed by atoms with Crippen molar-refractivity contribution in [2.45, 2.75) is 39.9 Å². The van der Waals surface area contributed by atoms with E-state index in [2.05, 4.69) is 10.3 Å². The van der Waals surface area contributed by atoms with Crippen LogP contribution in [-0.2, 0) is 22.6 Å². The van der Waals surface area contributed by atoms with Gasteiger partial charge in [0.05, 0.1) is 23.8 Å². The average Bonchev–Trinajstić information content (AvgIpc) is 3.15. The Balaban J connectivity index is 1.50. The summed E-state index contributed by atoms with van der Waals surface area (Å²) in [6.45, 7) is 5.85. The molecule has 6 nitrogen and oxygen atoms in total. The molecule has 156 valence electrons. The van der Waals surface area contributed by atoms with Gasteiger partial charge in [-0.15, -0.1) is 11.3 Å². The Kier molecular flexibility index (Phi) is 7.19. The van der Waals surface area contributed by atoms with Crippen molar-refractivity contribution in [1.29, 1.82) is 0 Å². The third kappa shape index (κ3) is 6.15. The van der Waals surface area contributed by atoms with Crippen LogP contribution in [0.2, 0.25) is 0 Å². The number of thiazole rings is 1. The predicted molar refractivity (Wildman–Crippen MR) is 117 cm³/mol. The maximum Gasteiger partial charge on any atom is 0.338 e. The van der Waals surface area contributed by atoms with Crippen molar-refractivity contribution in [3.8, 4) is 5.75 Å². The number of hydrogen-bond donors (Lipinski definition) is 1. The molecule has 0 saturated heterocycles. The number of amides is 1. The van der Waals surface area contributed by atoms with Crippen LogP contribution in [0.15, 0.2) is 53.9 Å². The van der Waals surface area contributed by atoms with E-state index in [9.17, 15) is 9.59 Å². The summed E-state index contributed by atoms with van der Waals surface area (Å²) in [5, 5.41) is 5.52. The maximum absolute atomic E-state index is 12.3. The van der Waals surface area contributed by atoms with Gasteiger partial charge in [-0.05, 0) is 56.7 Å². The molecule has 0 aliphatic carbocycles. The normalized spacial score (nSPS) is 10.7. The number of carbonyl (C=O) groups excluding carboxylic acids is 2. The molecule has 1 amide bonds. The molecule has 0 saturated carbocycles. The summed E-state index contributed by atoms with van der Waals surface area (Å²) in [5.41, 5.74) is 3.06. The first kappa shape index (κ1) is 21.5. The SMILES string of the molecule is Cc1ccccc1NC(=O)Cc1nc(COc2ccc(C(=O)OC(C)C)cc2)cs1. The van der Waals surface area contributed by atoms with E-state index in [0.29, 0.717) is 11.3 Å². The fourth-order valence-corrected chi connectivity index (χ4v) is 3.45. The molecule has 0 fully saturated rings. The van der Waals surface area contributed by atoms with E-state index in [1.165, 1.54) is 11.3 Å². The highest BCUT2D eigenvalue weighted by molar-refractivity contribution is 7.09. The largest absolute Gasteiger partial charge is 0.487 e. The van der Waals surface area contributed by atoms with Crippen molar-refractivity contribution in [3.05, 3.63) is 75.7 Å². The molecule has 1 aromatic heterocycles. The van der Waals surface area contributed by atoms with E-state index in [-0.39, 0.29) is 31.0 Å². The fourth-order valence-electron chi connectivity index (χ4n) is 2.67. The fraction of sp³-hybridized carbons (Fsp3) is 0.261. The second-order valence-electron chi connectivity index (χ2n) is 7.04. The summed E-state index contributed by atoms with van der Waals surface area (Å²) < 4.78 is 10.9. The molecule has 0 unspecified atom stereocenters. The smallest absolute Gasteiger partial charge is 0.338 e. The van der Waals surface area contributed by atoms with E-state index in [1.54, 1.807) is 24.3 Å². The highest BCUT2D eigenvalue weighted by atomic mass is 32.1. The molecule has 30 heavy (non-hydrogen) atoms. The number of para-hydroxylation sites is 1. The van der Waals surface area contributed by atoms with E-state index in [4.69, 9.17) is 9.47 Å². The predicted octanol–water partition coefficient (Wildman–Crippen LogP) is 4.78. The number of esters is 1. The second kappa shape index (κ2) is 10.0. The summed E-state index contributed by atoms with van der Waals surface area (Å²) in [7, 11) is 0. The average molecular weight is 425 g/mol. The zero-order valence-corrected chi connectivity index (χ0v) is 18.0. The molecule has 0 radical (unpaired) electrons. The van der Waals surface area contributed by atoms with Crippen LogP contribution in [0.4, 0.5) is 5.69 Å². The number of benzene rings is 2. The van der Waals surface area contributed by atoms with Crippen LogP contribution < -0.4 is 10.1 Å². The molecule has 7 heteroatoms. The Hall–Kier alpha value is -3.19. The summed E-state index contributed by atoms with van der Waals surface area (Å²) in [6, 6.07) is 14.4. The topological polar surface area (TPSA) is 77.5 Å². The number of ether oxygens (including phenoxy) is 2. The maximum atomic E-state index is 12.3. The Morgan fingerprint density at radius 1 is 1.10 bits per heavy atom. The highest BCUT2D eigenvalue weighted by Gasteiger charge is 2.11. The highest BCUT2D eigenvalue weighted by Crippen LogP contribution is 2.18. The number of aromatic nitrogens is 1. The van der Waals surface area contributed by atoms with E-state index in [0.717, 1.165) is 22.0 Å². The minimum Gasteiger partial charge on any atom is -0.487 e. The monoisotopic (exact) mass is 424 g/mol. The van der Waals surface area contributed by atoms with Gasteiger partial charge in [-0.25, -0.2) is 9.78 Å². The zero-order valence-electron chi connectivity index (χ0n) is 17.2. The van der Waals surface area contributed by atoms with E-state index >= 15 is 0 Å². The third-order valence-corrected chi connectivity index (χ3v) is 5.05. The molecule has 0 atom stereocenters. The molecular formula is C23H24N2O4S. The molecule has 0 aliphatic rings. The van der Waals surface area contributed by atoms with Crippen molar-refractivity contribution >= 4 is 28.9 Å². The summed E-state index contributed by atoms with van der Waals surface area (Å²) >= 11 is 1.43.